The highest BCUT2D eigenvalue weighted by Crippen LogP contribution is 2.22. The molecule has 0 aromatic heterocycles. The average molecular weight is 354 g/mol. The minimum atomic E-state index is -0.553. The van der Waals surface area contributed by atoms with Crippen LogP contribution in [0, 0.1) is 6.92 Å². The van der Waals surface area contributed by atoms with E-state index in [9.17, 15) is 9.59 Å². The summed E-state index contributed by atoms with van der Waals surface area (Å²) < 4.78 is 10.5. The largest absolute Gasteiger partial charge is 0.482 e. The Labute approximate surface area is 147 Å². The van der Waals surface area contributed by atoms with E-state index in [4.69, 9.17) is 21.1 Å². The van der Waals surface area contributed by atoms with E-state index in [1.165, 1.54) is 0 Å². The van der Waals surface area contributed by atoms with Gasteiger partial charge < -0.3 is 14.4 Å². The van der Waals surface area contributed by atoms with E-state index in [-0.39, 0.29) is 25.2 Å². The first-order valence-corrected chi connectivity index (χ1v) is 8.73. The number of halogens is 1. The Kier molecular flexibility index (Phi) is 6.91. The van der Waals surface area contributed by atoms with Crippen molar-refractivity contribution in [2.45, 2.75) is 45.6 Å². The van der Waals surface area contributed by atoms with Crippen LogP contribution in [-0.2, 0) is 14.3 Å². The highest BCUT2D eigenvalue weighted by Gasteiger charge is 2.25. The molecule has 1 amide bonds. The number of benzene rings is 1. The van der Waals surface area contributed by atoms with Gasteiger partial charge in [0.25, 0.3) is 5.91 Å². The Morgan fingerprint density at radius 3 is 2.79 bits per heavy atom. The number of hydrogen-bond donors (Lipinski definition) is 0. The fraction of sp³-hybridized carbons (Fsp3) is 0.556. The Morgan fingerprint density at radius 2 is 2.08 bits per heavy atom. The van der Waals surface area contributed by atoms with Gasteiger partial charge in [-0.3, -0.25) is 4.79 Å². The second-order valence-electron chi connectivity index (χ2n) is 6.00. The number of hydrogen-bond acceptors (Lipinski definition) is 4. The zero-order chi connectivity index (χ0) is 17.5. The third-order valence-electron chi connectivity index (χ3n) is 4.26. The Bertz CT molecular complexity index is 590. The summed E-state index contributed by atoms with van der Waals surface area (Å²) in [5.41, 5.74) is 0.838. The smallest absolute Gasteiger partial charge is 0.344 e. The molecular weight excluding hydrogens is 330 g/mol. The molecule has 2 rings (SSSR count). The summed E-state index contributed by atoms with van der Waals surface area (Å²) in [4.78, 5) is 25.9. The maximum atomic E-state index is 12.2. The molecule has 1 fully saturated rings. The van der Waals surface area contributed by atoms with Gasteiger partial charge in [0.2, 0.25) is 0 Å². The van der Waals surface area contributed by atoms with Crippen LogP contribution in [0.2, 0.25) is 5.02 Å². The third kappa shape index (κ3) is 5.13. The normalized spacial score (nSPS) is 17.5. The second kappa shape index (κ2) is 8.92. The van der Waals surface area contributed by atoms with E-state index < -0.39 is 5.97 Å². The van der Waals surface area contributed by atoms with Crippen molar-refractivity contribution < 1.29 is 19.1 Å². The lowest BCUT2D eigenvalue weighted by atomic mass is 10.00. The summed E-state index contributed by atoms with van der Waals surface area (Å²) in [7, 11) is 0. The average Bonchev–Trinajstić information content (AvgIpc) is 2.58. The predicted molar refractivity (Wildman–Crippen MR) is 92.3 cm³/mol. The van der Waals surface area contributed by atoms with Crippen LogP contribution in [0.4, 0.5) is 0 Å². The van der Waals surface area contributed by atoms with Crippen LogP contribution in [0.1, 0.15) is 38.2 Å². The highest BCUT2D eigenvalue weighted by atomic mass is 35.5. The van der Waals surface area contributed by atoms with E-state index >= 15 is 0 Å². The molecule has 1 aromatic rings. The van der Waals surface area contributed by atoms with Gasteiger partial charge >= 0.3 is 5.97 Å². The van der Waals surface area contributed by atoms with E-state index in [0.29, 0.717) is 10.8 Å². The van der Waals surface area contributed by atoms with Gasteiger partial charge in [0.05, 0.1) is 0 Å². The molecule has 132 valence electrons. The maximum absolute atomic E-state index is 12.2. The molecule has 1 aliphatic rings. The second-order valence-corrected chi connectivity index (χ2v) is 6.44. The number of rotatable bonds is 6. The fourth-order valence-electron chi connectivity index (χ4n) is 2.93. The van der Waals surface area contributed by atoms with Crippen molar-refractivity contribution in [1.29, 1.82) is 0 Å². The summed E-state index contributed by atoms with van der Waals surface area (Å²) >= 11 is 5.87. The summed E-state index contributed by atoms with van der Waals surface area (Å²) in [5.74, 6) is -0.106. The number of esters is 1. The first-order chi connectivity index (χ1) is 11.5. The van der Waals surface area contributed by atoms with E-state index in [0.717, 1.165) is 37.8 Å². The number of ether oxygens (including phenoxy) is 2. The Morgan fingerprint density at radius 1 is 1.29 bits per heavy atom. The van der Waals surface area contributed by atoms with Gasteiger partial charge in [0.1, 0.15) is 5.75 Å². The lowest BCUT2D eigenvalue weighted by Gasteiger charge is -2.35. The van der Waals surface area contributed by atoms with Crippen LogP contribution in [-0.4, -0.2) is 42.6 Å². The number of aryl methyl sites for hydroxylation is 1. The van der Waals surface area contributed by atoms with Crippen molar-refractivity contribution in [3.63, 3.8) is 0 Å². The molecule has 0 radical (unpaired) electrons. The molecule has 0 spiro atoms. The topological polar surface area (TPSA) is 55.8 Å². The monoisotopic (exact) mass is 353 g/mol. The van der Waals surface area contributed by atoms with Crippen molar-refractivity contribution in [3.8, 4) is 5.75 Å². The molecule has 0 saturated carbocycles. The SMILES string of the molecule is CCC1CCCCN1C(=O)COC(=O)COc1ccc(Cl)cc1C. The number of likely N-dealkylation sites (tertiary alicyclic amines) is 1. The molecular formula is C18H24ClNO4. The fourth-order valence-corrected chi connectivity index (χ4v) is 3.16. The first-order valence-electron chi connectivity index (χ1n) is 8.35. The van der Waals surface area contributed by atoms with Crippen molar-refractivity contribution in [1.82, 2.24) is 4.90 Å². The van der Waals surface area contributed by atoms with Gasteiger partial charge in [-0.05, 0) is 56.4 Å². The molecule has 0 N–H and O–H groups in total. The number of piperidine rings is 1. The number of nitrogens with zero attached hydrogens (tertiary/aromatic N) is 1. The molecule has 1 atom stereocenters. The third-order valence-corrected chi connectivity index (χ3v) is 4.49. The van der Waals surface area contributed by atoms with Crippen LogP contribution in [0.25, 0.3) is 0 Å². The molecule has 6 heteroatoms. The maximum Gasteiger partial charge on any atom is 0.344 e. The summed E-state index contributed by atoms with van der Waals surface area (Å²) in [6, 6.07) is 5.42. The van der Waals surface area contributed by atoms with Crippen molar-refractivity contribution >= 4 is 23.5 Å². The lowest BCUT2D eigenvalue weighted by Crippen LogP contribution is -2.45. The van der Waals surface area contributed by atoms with Crippen molar-refractivity contribution in [2.24, 2.45) is 0 Å². The highest BCUT2D eigenvalue weighted by molar-refractivity contribution is 6.30. The van der Waals surface area contributed by atoms with Crippen LogP contribution in [0.15, 0.2) is 18.2 Å². The molecule has 5 nitrogen and oxygen atoms in total. The summed E-state index contributed by atoms with van der Waals surface area (Å²) in [6.07, 6.45) is 4.11. The molecule has 24 heavy (non-hydrogen) atoms. The zero-order valence-electron chi connectivity index (χ0n) is 14.2. The van der Waals surface area contributed by atoms with Crippen LogP contribution < -0.4 is 4.74 Å². The van der Waals surface area contributed by atoms with Crippen LogP contribution in [0.5, 0.6) is 5.75 Å². The molecule has 1 saturated heterocycles. The standard InChI is InChI=1S/C18H24ClNO4/c1-3-15-6-4-5-9-20(15)17(21)11-24-18(22)12-23-16-8-7-14(19)10-13(16)2/h7-8,10,15H,3-6,9,11-12H2,1-2H3. The van der Waals surface area contributed by atoms with Gasteiger partial charge in [-0.25, -0.2) is 4.79 Å². The van der Waals surface area contributed by atoms with Gasteiger partial charge in [0.15, 0.2) is 13.2 Å². The molecule has 1 unspecified atom stereocenters. The number of carbonyl (C=O) groups excluding carboxylic acids is 2. The zero-order valence-corrected chi connectivity index (χ0v) is 15.0. The molecule has 0 aliphatic carbocycles. The molecule has 1 aromatic carbocycles. The summed E-state index contributed by atoms with van der Waals surface area (Å²) in [5, 5.41) is 0.611. The van der Waals surface area contributed by atoms with E-state index in [1.807, 2.05) is 11.8 Å². The molecule has 0 bridgehead atoms. The van der Waals surface area contributed by atoms with Gasteiger partial charge in [-0.1, -0.05) is 18.5 Å². The Hall–Kier alpha value is -1.75. The van der Waals surface area contributed by atoms with Crippen LogP contribution >= 0.6 is 11.6 Å². The molecule has 1 aliphatic heterocycles. The number of carbonyl (C=O) groups is 2. The lowest BCUT2D eigenvalue weighted by molar-refractivity contribution is -0.155. The van der Waals surface area contributed by atoms with Crippen LogP contribution in [0.3, 0.4) is 0 Å². The predicted octanol–water partition coefficient (Wildman–Crippen LogP) is 3.36. The Balaban J connectivity index is 1.77. The minimum absolute atomic E-state index is 0.127. The van der Waals surface area contributed by atoms with Crippen molar-refractivity contribution in [3.05, 3.63) is 28.8 Å². The van der Waals surface area contributed by atoms with Gasteiger partial charge in [0, 0.05) is 17.6 Å². The van der Waals surface area contributed by atoms with Gasteiger partial charge in [-0.15, -0.1) is 0 Å². The van der Waals surface area contributed by atoms with E-state index in [2.05, 4.69) is 6.92 Å². The minimum Gasteiger partial charge on any atom is -0.482 e. The first kappa shape index (κ1) is 18.6. The van der Waals surface area contributed by atoms with Crippen molar-refractivity contribution in [2.75, 3.05) is 19.8 Å². The van der Waals surface area contributed by atoms with Gasteiger partial charge in [-0.2, -0.15) is 0 Å². The number of amides is 1. The quantitative estimate of drug-likeness (QED) is 0.736. The van der Waals surface area contributed by atoms with E-state index in [1.54, 1.807) is 18.2 Å². The molecule has 1 heterocycles. The summed E-state index contributed by atoms with van der Waals surface area (Å²) in [6.45, 7) is 4.21.